The number of piperazine rings is 1. The molecule has 0 spiro atoms. The number of hydrogen-bond donors (Lipinski definition) is 1. The molecule has 1 aliphatic rings. The van der Waals surface area contributed by atoms with Gasteiger partial charge in [-0.05, 0) is 88.1 Å². The molecule has 1 aliphatic heterocycles. The average molecular weight is 554 g/mol. The number of sulfonamides is 2. The van der Waals surface area contributed by atoms with Crippen LogP contribution in [0, 0.1) is 27.7 Å². The third-order valence-corrected chi connectivity index (χ3v) is 10.1. The molecule has 206 valence electrons. The summed E-state index contributed by atoms with van der Waals surface area (Å²) in [5.74, 6) is 1.38. The highest BCUT2D eigenvalue weighted by Crippen LogP contribution is 2.29. The van der Waals surface area contributed by atoms with Crippen LogP contribution in [0.5, 0.6) is 11.5 Å². The Balaban J connectivity index is 1.58. The Labute approximate surface area is 221 Å². The molecular formula is C26H39N3O6S2. The van der Waals surface area contributed by atoms with Crippen molar-refractivity contribution in [2.24, 2.45) is 0 Å². The smallest absolute Gasteiger partial charge is 0.243 e. The Bertz CT molecular complexity index is 1320. The summed E-state index contributed by atoms with van der Waals surface area (Å²) in [5, 5.41) is 0. The van der Waals surface area contributed by atoms with Gasteiger partial charge in [0.25, 0.3) is 0 Å². The molecule has 1 N–H and O–H groups in total. The Morgan fingerprint density at radius 1 is 0.730 bits per heavy atom. The molecule has 1 saturated heterocycles. The molecule has 9 nitrogen and oxygen atoms in total. The van der Waals surface area contributed by atoms with Gasteiger partial charge < -0.3 is 9.47 Å². The lowest BCUT2D eigenvalue weighted by molar-refractivity contribution is 0.191. The van der Waals surface area contributed by atoms with Gasteiger partial charge >= 0.3 is 0 Å². The van der Waals surface area contributed by atoms with Crippen molar-refractivity contribution in [3.05, 3.63) is 46.5 Å². The molecule has 0 bridgehead atoms. The predicted molar refractivity (Wildman–Crippen MR) is 145 cm³/mol. The molecule has 37 heavy (non-hydrogen) atoms. The minimum absolute atomic E-state index is 0.234. The van der Waals surface area contributed by atoms with Crippen LogP contribution in [0.3, 0.4) is 0 Å². The van der Waals surface area contributed by atoms with E-state index in [1.165, 1.54) is 4.31 Å². The Morgan fingerprint density at radius 3 is 1.73 bits per heavy atom. The molecule has 0 aromatic heterocycles. The highest BCUT2D eigenvalue weighted by atomic mass is 32.2. The van der Waals surface area contributed by atoms with Crippen LogP contribution in [0.2, 0.25) is 0 Å². The first kappa shape index (κ1) is 29.4. The number of rotatable bonds is 11. The minimum Gasteiger partial charge on any atom is -0.494 e. The third-order valence-electron chi connectivity index (χ3n) is 6.50. The molecule has 1 fully saturated rings. The van der Waals surface area contributed by atoms with Crippen molar-refractivity contribution in [1.82, 2.24) is 13.9 Å². The van der Waals surface area contributed by atoms with Crippen molar-refractivity contribution in [2.45, 2.75) is 51.3 Å². The number of aryl methyl sites for hydroxylation is 4. The normalized spacial score (nSPS) is 15.6. The molecule has 0 aliphatic carbocycles. The molecule has 11 heteroatoms. The Morgan fingerprint density at radius 2 is 1.22 bits per heavy atom. The van der Waals surface area contributed by atoms with Crippen molar-refractivity contribution in [3.8, 4) is 11.5 Å². The van der Waals surface area contributed by atoms with E-state index in [-0.39, 0.29) is 11.4 Å². The average Bonchev–Trinajstić information content (AvgIpc) is 2.83. The lowest BCUT2D eigenvalue weighted by Gasteiger charge is -2.34. The molecule has 3 rings (SSSR count). The van der Waals surface area contributed by atoms with Crippen LogP contribution in [0.1, 0.15) is 36.1 Å². The van der Waals surface area contributed by atoms with E-state index in [0.29, 0.717) is 73.5 Å². The maximum absolute atomic E-state index is 13.3. The summed E-state index contributed by atoms with van der Waals surface area (Å²) in [6, 6.07) is 6.85. The molecule has 2 aromatic rings. The van der Waals surface area contributed by atoms with E-state index in [0.717, 1.165) is 11.1 Å². The molecule has 0 unspecified atom stereocenters. The van der Waals surface area contributed by atoms with Gasteiger partial charge in [0.1, 0.15) is 11.5 Å². The molecule has 1 heterocycles. The summed E-state index contributed by atoms with van der Waals surface area (Å²) in [7, 11) is -7.32. The lowest BCUT2D eigenvalue weighted by Crippen LogP contribution is -2.50. The van der Waals surface area contributed by atoms with Gasteiger partial charge in [-0.15, -0.1) is 0 Å². The highest BCUT2D eigenvalue weighted by Gasteiger charge is 2.30. The second-order valence-electron chi connectivity index (χ2n) is 9.28. The summed E-state index contributed by atoms with van der Waals surface area (Å²) in [4.78, 5) is 2.61. The second-order valence-corrected chi connectivity index (χ2v) is 12.9. The summed E-state index contributed by atoms with van der Waals surface area (Å²) in [5.41, 5.74) is 2.84. The summed E-state index contributed by atoms with van der Waals surface area (Å²) >= 11 is 0. The van der Waals surface area contributed by atoms with E-state index in [1.807, 2.05) is 27.7 Å². The van der Waals surface area contributed by atoms with Crippen molar-refractivity contribution >= 4 is 20.0 Å². The van der Waals surface area contributed by atoms with Gasteiger partial charge in [-0.25, -0.2) is 21.6 Å². The molecule has 2 aromatic carbocycles. The van der Waals surface area contributed by atoms with E-state index in [4.69, 9.17) is 9.47 Å². The Hall–Kier alpha value is -2.18. The van der Waals surface area contributed by atoms with Crippen molar-refractivity contribution in [2.75, 3.05) is 52.5 Å². The standard InChI is InChI=1S/C26H39N3O6S2/c1-7-34-23-15-21(5)25(17-19(23)3)36(30,31)27-9-10-28-11-13-29(14-12-28)37(32,33)26-18-20(4)24(35-8-2)16-22(26)6/h15-18,27H,7-14H2,1-6H3. The van der Waals surface area contributed by atoms with Gasteiger partial charge in [0, 0.05) is 39.3 Å². The van der Waals surface area contributed by atoms with Gasteiger partial charge in [-0.2, -0.15) is 4.31 Å². The van der Waals surface area contributed by atoms with E-state index < -0.39 is 20.0 Å². The number of hydrogen-bond acceptors (Lipinski definition) is 7. The maximum atomic E-state index is 13.3. The topological polar surface area (TPSA) is 105 Å². The third kappa shape index (κ3) is 6.83. The zero-order chi connectivity index (χ0) is 27.4. The fourth-order valence-electron chi connectivity index (χ4n) is 4.46. The molecule has 0 radical (unpaired) electrons. The van der Waals surface area contributed by atoms with Gasteiger partial charge in [0.2, 0.25) is 20.0 Å². The van der Waals surface area contributed by atoms with E-state index >= 15 is 0 Å². The maximum Gasteiger partial charge on any atom is 0.243 e. The molecule has 0 amide bonds. The highest BCUT2D eigenvalue weighted by molar-refractivity contribution is 7.89. The van der Waals surface area contributed by atoms with Crippen LogP contribution in [0.15, 0.2) is 34.1 Å². The Kier molecular flexibility index (Phi) is 9.62. The van der Waals surface area contributed by atoms with Crippen LogP contribution in [-0.2, 0) is 20.0 Å². The first-order valence-electron chi connectivity index (χ1n) is 12.6. The summed E-state index contributed by atoms with van der Waals surface area (Å²) < 4.78 is 67.8. The monoisotopic (exact) mass is 553 g/mol. The quantitative estimate of drug-likeness (QED) is 0.456. The fraction of sp³-hybridized carbons (Fsp3) is 0.538. The van der Waals surface area contributed by atoms with Crippen molar-refractivity contribution in [1.29, 1.82) is 0 Å². The summed E-state index contributed by atoms with van der Waals surface area (Å²) in [6.07, 6.45) is 0. The fourth-order valence-corrected chi connectivity index (χ4v) is 7.51. The largest absolute Gasteiger partial charge is 0.494 e. The van der Waals surface area contributed by atoms with Crippen LogP contribution in [0.4, 0.5) is 0 Å². The lowest BCUT2D eigenvalue weighted by atomic mass is 10.1. The number of ether oxygens (including phenoxy) is 2. The SMILES string of the molecule is CCOc1cc(C)c(S(=O)(=O)NCCN2CCN(S(=O)(=O)c3cc(C)c(OCC)cc3C)CC2)cc1C. The predicted octanol–water partition coefficient (Wildman–Crippen LogP) is 3.00. The van der Waals surface area contributed by atoms with Crippen molar-refractivity contribution in [3.63, 3.8) is 0 Å². The number of benzene rings is 2. The van der Waals surface area contributed by atoms with Gasteiger partial charge in [-0.3, -0.25) is 4.90 Å². The number of nitrogens with zero attached hydrogens (tertiary/aromatic N) is 2. The molecule has 0 saturated carbocycles. The molecule has 0 atom stereocenters. The zero-order valence-electron chi connectivity index (χ0n) is 22.6. The van der Waals surface area contributed by atoms with Gasteiger partial charge in [0.15, 0.2) is 0 Å². The molecular weight excluding hydrogens is 514 g/mol. The van der Waals surface area contributed by atoms with E-state index in [9.17, 15) is 16.8 Å². The van der Waals surface area contributed by atoms with Crippen molar-refractivity contribution < 1.29 is 26.3 Å². The second kappa shape index (κ2) is 12.1. The zero-order valence-corrected chi connectivity index (χ0v) is 24.3. The van der Waals surface area contributed by atoms with Crippen LogP contribution in [0.25, 0.3) is 0 Å². The minimum atomic E-state index is -3.68. The summed E-state index contributed by atoms with van der Waals surface area (Å²) in [6.45, 7) is 14.5. The van der Waals surface area contributed by atoms with E-state index in [1.54, 1.807) is 38.1 Å². The number of nitrogens with one attached hydrogen (secondary N) is 1. The van der Waals surface area contributed by atoms with Crippen LogP contribution in [-0.4, -0.2) is 78.5 Å². The van der Waals surface area contributed by atoms with E-state index in [2.05, 4.69) is 9.62 Å². The van der Waals surface area contributed by atoms with Gasteiger partial charge in [-0.1, -0.05) is 0 Å². The first-order chi connectivity index (χ1) is 17.4. The first-order valence-corrected chi connectivity index (χ1v) is 15.5. The van der Waals surface area contributed by atoms with Crippen LogP contribution >= 0.6 is 0 Å². The van der Waals surface area contributed by atoms with Gasteiger partial charge in [0.05, 0.1) is 23.0 Å². The van der Waals surface area contributed by atoms with Crippen LogP contribution < -0.4 is 14.2 Å².